The highest BCUT2D eigenvalue weighted by atomic mass is 35.5. The smallest absolute Gasteiger partial charge is 0.408 e. The fourth-order valence-electron chi connectivity index (χ4n) is 2.48. The van der Waals surface area contributed by atoms with E-state index in [0.29, 0.717) is 30.0 Å². The molecule has 0 saturated carbocycles. The number of nitrogens with one attached hydrogen (secondary N) is 1. The van der Waals surface area contributed by atoms with E-state index in [2.05, 4.69) is 5.32 Å². The van der Waals surface area contributed by atoms with Crippen LogP contribution < -0.4 is 11.1 Å². The Morgan fingerprint density at radius 2 is 1.88 bits per heavy atom. The Morgan fingerprint density at radius 3 is 2.62 bits per heavy atom. The molecule has 0 unspecified atom stereocenters. The van der Waals surface area contributed by atoms with E-state index in [0.717, 1.165) is 16.6 Å². The van der Waals surface area contributed by atoms with Crippen molar-refractivity contribution in [2.45, 2.75) is 19.4 Å². The predicted octanol–water partition coefficient (Wildman–Crippen LogP) is 3.03. The minimum atomic E-state index is -0.386. The minimum absolute atomic E-state index is 0.0221. The fourth-order valence-corrected chi connectivity index (χ4v) is 2.60. The first-order chi connectivity index (χ1) is 11.5. The predicted molar refractivity (Wildman–Crippen MR) is 93.1 cm³/mol. The van der Waals surface area contributed by atoms with E-state index < -0.39 is 0 Å². The van der Waals surface area contributed by atoms with Gasteiger partial charge in [0.1, 0.15) is 0 Å². The summed E-state index contributed by atoms with van der Waals surface area (Å²) in [6.45, 7) is 0.477. The number of nitrogens with zero attached hydrogens (tertiary/aromatic N) is 1. The molecule has 1 aromatic heterocycles. The molecule has 0 aliphatic rings. The number of aryl methyl sites for hydroxylation is 2. The molecule has 0 aliphatic carbocycles. The van der Waals surface area contributed by atoms with Gasteiger partial charge in [-0.15, -0.1) is 0 Å². The molecule has 0 saturated heterocycles. The van der Waals surface area contributed by atoms with Crippen molar-refractivity contribution in [2.24, 2.45) is 7.05 Å². The van der Waals surface area contributed by atoms with Crippen molar-refractivity contribution in [2.75, 3.05) is 0 Å². The van der Waals surface area contributed by atoms with Crippen molar-refractivity contribution < 1.29 is 9.21 Å². The van der Waals surface area contributed by atoms with Gasteiger partial charge in [0.25, 0.3) is 0 Å². The van der Waals surface area contributed by atoms with Crippen molar-refractivity contribution in [1.82, 2.24) is 9.88 Å². The van der Waals surface area contributed by atoms with E-state index >= 15 is 0 Å². The van der Waals surface area contributed by atoms with Crippen molar-refractivity contribution in [3.05, 3.63) is 69.2 Å². The lowest BCUT2D eigenvalue weighted by Gasteiger charge is -2.06. The van der Waals surface area contributed by atoms with Crippen LogP contribution in [0.4, 0.5) is 0 Å². The molecule has 0 radical (unpaired) electrons. The van der Waals surface area contributed by atoms with Crippen LogP contribution in [0.25, 0.3) is 11.1 Å². The van der Waals surface area contributed by atoms with Crippen LogP contribution in [0.2, 0.25) is 5.02 Å². The Labute approximate surface area is 143 Å². The number of oxazole rings is 1. The van der Waals surface area contributed by atoms with Crippen LogP contribution in [0, 0.1) is 0 Å². The molecule has 0 bridgehead atoms. The zero-order chi connectivity index (χ0) is 17.1. The number of amides is 1. The highest BCUT2D eigenvalue weighted by Crippen LogP contribution is 2.15. The zero-order valence-electron chi connectivity index (χ0n) is 13.2. The second kappa shape index (κ2) is 6.93. The Kier molecular flexibility index (Phi) is 4.71. The summed E-state index contributed by atoms with van der Waals surface area (Å²) >= 11 is 5.83. The molecule has 1 amide bonds. The van der Waals surface area contributed by atoms with Gasteiger partial charge in [0, 0.05) is 25.0 Å². The average molecular weight is 345 g/mol. The van der Waals surface area contributed by atoms with E-state index in [4.69, 9.17) is 16.0 Å². The van der Waals surface area contributed by atoms with Gasteiger partial charge in [-0.05, 0) is 41.8 Å². The van der Waals surface area contributed by atoms with Crippen LogP contribution in [0.15, 0.2) is 51.7 Å². The number of rotatable bonds is 5. The van der Waals surface area contributed by atoms with E-state index in [1.165, 1.54) is 4.57 Å². The van der Waals surface area contributed by atoms with Gasteiger partial charge in [-0.2, -0.15) is 0 Å². The summed E-state index contributed by atoms with van der Waals surface area (Å²) in [5, 5.41) is 3.56. The number of hydrogen-bond acceptors (Lipinski definition) is 3. The van der Waals surface area contributed by atoms with Gasteiger partial charge in [-0.25, -0.2) is 4.79 Å². The molecule has 1 N–H and O–H groups in total. The summed E-state index contributed by atoms with van der Waals surface area (Å²) in [5.74, 6) is -0.408. The van der Waals surface area contributed by atoms with Gasteiger partial charge in [0.2, 0.25) is 5.91 Å². The first-order valence-corrected chi connectivity index (χ1v) is 8.00. The Bertz CT molecular complexity index is 926. The van der Waals surface area contributed by atoms with Crippen LogP contribution in [0.1, 0.15) is 17.5 Å². The number of benzene rings is 2. The molecule has 0 aliphatic heterocycles. The standard InChI is InChI=1S/C18H17ClN2O3/c1-21-15-10-12(4-8-16(15)24-18(21)23)5-9-17(22)20-11-13-2-6-14(19)7-3-13/h2-4,6-8,10H,5,9,11H2,1H3,(H,20,22). The van der Waals surface area contributed by atoms with Gasteiger partial charge in [-0.3, -0.25) is 9.36 Å². The Hall–Kier alpha value is -2.53. The van der Waals surface area contributed by atoms with Crippen LogP contribution >= 0.6 is 11.6 Å². The number of halogens is 1. The molecule has 1 heterocycles. The van der Waals surface area contributed by atoms with Gasteiger partial charge < -0.3 is 9.73 Å². The molecule has 3 rings (SSSR count). The Balaban J connectivity index is 1.57. The van der Waals surface area contributed by atoms with Crippen LogP contribution in [-0.2, 0) is 24.8 Å². The quantitative estimate of drug-likeness (QED) is 0.773. The maximum atomic E-state index is 12.0. The molecule has 3 aromatic rings. The van der Waals surface area contributed by atoms with E-state index in [-0.39, 0.29) is 11.7 Å². The lowest BCUT2D eigenvalue weighted by Crippen LogP contribution is -2.22. The molecule has 0 spiro atoms. The van der Waals surface area contributed by atoms with Crippen LogP contribution in [-0.4, -0.2) is 10.5 Å². The third-order valence-corrected chi connectivity index (χ3v) is 4.15. The number of carbonyl (C=O) groups excluding carboxylic acids is 1. The summed E-state index contributed by atoms with van der Waals surface area (Å²) in [4.78, 5) is 23.5. The molecular weight excluding hydrogens is 328 g/mol. The molecule has 5 nitrogen and oxygen atoms in total. The largest absolute Gasteiger partial charge is 0.419 e. The molecule has 2 aromatic carbocycles. The average Bonchev–Trinajstić information content (AvgIpc) is 2.87. The second-order valence-corrected chi connectivity index (χ2v) is 6.07. The highest BCUT2D eigenvalue weighted by Gasteiger charge is 2.08. The molecule has 0 fully saturated rings. The first kappa shape index (κ1) is 16.3. The van der Waals surface area contributed by atoms with Gasteiger partial charge >= 0.3 is 5.76 Å². The molecule has 24 heavy (non-hydrogen) atoms. The summed E-state index contributed by atoms with van der Waals surface area (Å²) in [6, 6.07) is 12.9. The van der Waals surface area contributed by atoms with E-state index in [1.807, 2.05) is 24.3 Å². The third-order valence-electron chi connectivity index (χ3n) is 3.90. The summed E-state index contributed by atoms with van der Waals surface area (Å²) in [7, 11) is 1.66. The van der Waals surface area contributed by atoms with Crippen molar-refractivity contribution in [3.8, 4) is 0 Å². The van der Waals surface area contributed by atoms with E-state index in [9.17, 15) is 9.59 Å². The minimum Gasteiger partial charge on any atom is -0.408 e. The highest BCUT2D eigenvalue weighted by molar-refractivity contribution is 6.30. The topological polar surface area (TPSA) is 64.2 Å². The lowest BCUT2D eigenvalue weighted by atomic mass is 10.1. The van der Waals surface area contributed by atoms with Crippen molar-refractivity contribution in [1.29, 1.82) is 0 Å². The number of hydrogen-bond donors (Lipinski definition) is 1. The van der Waals surface area contributed by atoms with Gasteiger partial charge in [-0.1, -0.05) is 29.8 Å². The maximum absolute atomic E-state index is 12.0. The monoisotopic (exact) mass is 344 g/mol. The first-order valence-electron chi connectivity index (χ1n) is 7.62. The summed E-state index contributed by atoms with van der Waals surface area (Å²) < 4.78 is 6.55. The lowest BCUT2D eigenvalue weighted by molar-refractivity contribution is -0.121. The van der Waals surface area contributed by atoms with Gasteiger partial charge in [0.15, 0.2) is 5.58 Å². The summed E-state index contributed by atoms with van der Waals surface area (Å²) in [6.07, 6.45) is 0.979. The van der Waals surface area contributed by atoms with Crippen LogP contribution in [0.5, 0.6) is 0 Å². The fraction of sp³-hybridized carbons (Fsp3) is 0.222. The summed E-state index contributed by atoms with van der Waals surface area (Å²) in [5.41, 5.74) is 3.28. The Morgan fingerprint density at radius 1 is 1.17 bits per heavy atom. The normalized spacial score (nSPS) is 10.9. The number of fused-ring (bicyclic) bond motifs is 1. The molecule has 0 atom stereocenters. The SMILES string of the molecule is Cn1c(=O)oc2ccc(CCC(=O)NCc3ccc(Cl)cc3)cc21. The number of aromatic nitrogens is 1. The zero-order valence-corrected chi connectivity index (χ0v) is 14.0. The van der Waals surface area contributed by atoms with Crippen LogP contribution in [0.3, 0.4) is 0 Å². The molecule has 124 valence electrons. The molecular formula is C18H17ClN2O3. The maximum Gasteiger partial charge on any atom is 0.419 e. The van der Waals surface area contributed by atoms with E-state index in [1.54, 1.807) is 25.2 Å². The van der Waals surface area contributed by atoms with Crippen molar-refractivity contribution in [3.63, 3.8) is 0 Å². The second-order valence-electron chi connectivity index (χ2n) is 5.63. The van der Waals surface area contributed by atoms with Crippen molar-refractivity contribution >= 4 is 28.6 Å². The molecule has 6 heteroatoms. The van der Waals surface area contributed by atoms with Gasteiger partial charge in [0.05, 0.1) is 5.52 Å². The third kappa shape index (κ3) is 3.68. The number of carbonyl (C=O) groups is 1.